The average Bonchev–Trinajstić information content (AvgIpc) is 2.66. The second-order valence-electron chi connectivity index (χ2n) is 4.02. The van der Waals surface area contributed by atoms with Crippen LogP contribution in [0.4, 0.5) is 0 Å². The van der Waals surface area contributed by atoms with E-state index in [0.29, 0.717) is 0 Å². The van der Waals surface area contributed by atoms with Crippen LogP contribution in [0.3, 0.4) is 0 Å². The van der Waals surface area contributed by atoms with Crippen molar-refractivity contribution in [2.75, 3.05) is 6.54 Å². The summed E-state index contributed by atoms with van der Waals surface area (Å²) in [7, 11) is 0. The molecule has 0 fully saturated rings. The summed E-state index contributed by atoms with van der Waals surface area (Å²) in [5.41, 5.74) is 3.61. The van der Waals surface area contributed by atoms with Gasteiger partial charge in [0.25, 0.3) is 0 Å². The van der Waals surface area contributed by atoms with E-state index in [0.717, 1.165) is 25.2 Å². The first-order chi connectivity index (χ1) is 7.38. The molecule has 3 heteroatoms. The lowest BCUT2D eigenvalue weighted by Gasteiger charge is -2.17. The van der Waals surface area contributed by atoms with Crippen LogP contribution in [-0.4, -0.2) is 16.2 Å². The number of aliphatic hydroxyl groups is 1. The fraction of sp³-hybridized carbons (Fsp3) is 0.333. The number of nitrogens with one attached hydrogen (secondary N) is 1. The van der Waals surface area contributed by atoms with Crippen LogP contribution in [0.5, 0.6) is 0 Å². The molecule has 1 aromatic carbocycles. The van der Waals surface area contributed by atoms with Crippen molar-refractivity contribution < 1.29 is 5.11 Å². The van der Waals surface area contributed by atoms with Gasteiger partial charge < -0.3 is 15.0 Å². The van der Waals surface area contributed by atoms with Crippen LogP contribution in [0.2, 0.25) is 0 Å². The highest BCUT2D eigenvalue weighted by Gasteiger charge is 2.11. The molecule has 1 aromatic heterocycles. The Morgan fingerprint density at radius 3 is 3.13 bits per heavy atom. The van der Waals surface area contributed by atoms with Gasteiger partial charge in [0, 0.05) is 36.2 Å². The molecular formula is C12H14N2O. The zero-order chi connectivity index (χ0) is 10.3. The summed E-state index contributed by atoms with van der Waals surface area (Å²) in [5, 5.41) is 13.7. The molecule has 78 valence electrons. The number of benzene rings is 1. The van der Waals surface area contributed by atoms with Gasteiger partial charge in [0.1, 0.15) is 0 Å². The highest BCUT2D eigenvalue weighted by Crippen LogP contribution is 2.22. The van der Waals surface area contributed by atoms with E-state index >= 15 is 0 Å². The lowest BCUT2D eigenvalue weighted by atomic mass is 10.2. The first kappa shape index (κ1) is 8.95. The van der Waals surface area contributed by atoms with Crippen LogP contribution in [-0.2, 0) is 19.7 Å². The SMILES string of the molecule is OCc1ccc2c(c1)cc1n2CCNC1. The molecule has 0 saturated heterocycles. The molecule has 2 heterocycles. The van der Waals surface area contributed by atoms with E-state index in [4.69, 9.17) is 5.11 Å². The quantitative estimate of drug-likeness (QED) is 0.730. The van der Waals surface area contributed by atoms with E-state index in [-0.39, 0.29) is 6.61 Å². The first-order valence-electron chi connectivity index (χ1n) is 5.31. The van der Waals surface area contributed by atoms with E-state index in [1.807, 2.05) is 6.07 Å². The summed E-state index contributed by atoms with van der Waals surface area (Å²) in [6.07, 6.45) is 0. The van der Waals surface area contributed by atoms with Gasteiger partial charge in [-0.3, -0.25) is 0 Å². The molecule has 3 nitrogen and oxygen atoms in total. The van der Waals surface area contributed by atoms with E-state index in [9.17, 15) is 0 Å². The van der Waals surface area contributed by atoms with Gasteiger partial charge in [0.05, 0.1) is 6.61 Å². The van der Waals surface area contributed by atoms with E-state index in [1.54, 1.807) is 0 Å². The van der Waals surface area contributed by atoms with Crippen LogP contribution < -0.4 is 5.32 Å². The molecule has 0 aliphatic carbocycles. The van der Waals surface area contributed by atoms with Crippen molar-refractivity contribution in [1.82, 2.24) is 9.88 Å². The molecule has 1 aliphatic rings. The summed E-state index contributed by atoms with van der Waals surface area (Å²) in [5.74, 6) is 0. The van der Waals surface area contributed by atoms with Crippen LogP contribution in [0.15, 0.2) is 24.3 Å². The lowest BCUT2D eigenvalue weighted by molar-refractivity contribution is 0.282. The number of hydrogen-bond donors (Lipinski definition) is 2. The smallest absolute Gasteiger partial charge is 0.0682 e. The Morgan fingerprint density at radius 2 is 2.27 bits per heavy atom. The van der Waals surface area contributed by atoms with Crippen LogP contribution in [0.1, 0.15) is 11.3 Å². The standard InChI is InChI=1S/C12H14N2O/c15-8-9-1-2-12-10(5-9)6-11-7-13-3-4-14(11)12/h1-2,5-6,13,15H,3-4,7-8H2. The Hall–Kier alpha value is -1.32. The Kier molecular flexibility index (Phi) is 2.01. The maximum atomic E-state index is 9.08. The predicted molar refractivity (Wildman–Crippen MR) is 59.6 cm³/mol. The van der Waals surface area contributed by atoms with Gasteiger partial charge in [-0.05, 0) is 23.8 Å². The molecule has 0 atom stereocenters. The second-order valence-corrected chi connectivity index (χ2v) is 4.02. The number of hydrogen-bond acceptors (Lipinski definition) is 2. The van der Waals surface area contributed by atoms with Gasteiger partial charge in [-0.2, -0.15) is 0 Å². The maximum Gasteiger partial charge on any atom is 0.0682 e. The summed E-state index contributed by atoms with van der Waals surface area (Å²) >= 11 is 0. The van der Waals surface area contributed by atoms with E-state index < -0.39 is 0 Å². The highest BCUT2D eigenvalue weighted by atomic mass is 16.3. The number of aromatic nitrogens is 1. The van der Waals surface area contributed by atoms with Crippen LogP contribution in [0, 0.1) is 0 Å². The Balaban J connectivity index is 2.22. The molecule has 0 spiro atoms. The minimum atomic E-state index is 0.120. The third kappa shape index (κ3) is 1.35. The summed E-state index contributed by atoms with van der Waals surface area (Å²) in [6, 6.07) is 8.38. The topological polar surface area (TPSA) is 37.2 Å². The van der Waals surface area contributed by atoms with Crippen molar-refractivity contribution in [3.8, 4) is 0 Å². The predicted octanol–water partition coefficient (Wildman–Crippen LogP) is 1.24. The molecule has 0 unspecified atom stereocenters. The van der Waals surface area contributed by atoms with Crippen molar-refractivity contribution in [3.63, 3.8) is 0 Å². The van der Waals surface area contributed by atoms with Crippen molar-refractivity contribution >= 4 is 10.9 Å². The molecule has 0 amide bonds. The van der Waals surface area contributed by atoms with E-state index in [1.165, 1.54) is 16.6 Å². The fourth-order valence-corrected chi connectivity index (χ4v) is 2.29. The molecular weight excluding hydrogens is 188 g/mol. The largest absolute Gasteiger partial charge is 0.392 e. The number of rotatable bonds is 1. The molecule has 1 aliphatic heterocycles. The van der Waals surface area contributed by atoms with Gasteiger partial charge in [0.2, 0.25) is 0 Å². The first-order valence-corrected chi connectivity index (χ1v) is 5.31. The van der Waals surface area contributed by atoms with E-state index in [2.05, 4.69) is 28.1 Å². The van der Waals surface area contributed by atoms with Crippen molar-refractivity contribution in [1.29, 1.82) is 0 Å². The van der Waals surface area contributed by atoms with Crippen molar-refractivity contribution in [2.45, 2.75) is 19.7 Å². The normalized spacial score (nSPS) is 15.5. The third-order valence-corrected chi connectivity index (χ3v) is 3.05. The van der Waals surface area contributed by atoms with Gasteiger partial charge in [-0.15, -0.1) is 0 Å². The number of fused-ring (bicyclic) bond motifs is 3. The Bertz CT molecular complexity index is 502. The van der Waals surface area contributed by atoms with Crippen molar-refractivity contribution in [3.05, 3.63) is 35.5 Å². The number of nitrogens with zero attached hydrogens (tertiary/aromatic N) is 1. The zero-order valence-electron chi connectivity index (χ0n) is 8.53. The van der Waals surface area contributed by atoms with Crippen LogP contribution in [0.25, 0.3) is 10.9 Å². The molecule has 15 heavy (non-hydrogen) atoms. The number of aliphatic hydroxyl groups excluding tert-OH is 1. The van der Waals surface area contributed by atoms with Crippen molar-refractivity contribution in [2.24, 2.45) is 0 Å². The lowest BCUT2D eigenvalue weighted by Crippen LogP contribution is -2.27. The molecule has 0 bridgehead atoms. The average molecular weight is 202 g/mol. The second kappa shape index (κ2) is 3.36. The van der Waals surface area contributed by atoms with Gasteiger partial charge in [-0.1, -0.05) is 6.07 Å². The minimum absolute atomic E-state index is 0.120. The van der Waals surface area contributed by atoms with Crippen LogP contribution >= 0.6 is 0 Å². The van der Waals surface area contributed by atoms with Gasteiger partial charge in [-0.25, -0.2) is 0 Å². The molecule has 3 rings (SSSR count). The Labute approximate surface area is 88.3 Å². The Morgan fingerprint density at radius 1 is 1.33 bits per heavy atom. The highest BCUT2D eigenvalue weighted by molar-refractivity contribution is 5.82. The monoisotopic (exact) mass is 202 g/mol. The van der Waals surface area contributed by atoms with Gasteiger partial charge >= 0.3 is 0 Å². The fourth-order valence-electron chi connectivity index (χ4n) is 2.29. The molecule has 2 aromatic rings. The summed E-state index contributed by atoms with van der Waals surface area (Å²) < 4.78 is 2.35. The summed E-state index contributed by atoms with van der Waals surface area (Å²) in [4.78, 5) is 0. The van der Waals surface area contributed by atoms with Gasteiger partial charge in [0.15, 0.2) is 0 Å². The minimum Gasteiger partial charge on any atom is -0.392 e. The zero-order valence-corrected chi connectivity index (χ0v) is 8.53. The molecule has 0 radical (unpaired) electrons. The molecule has 0 saturated carbocycles. The maximum absolute atomic E-state index is 9.08. The third-order valence-electron chi connectivity index (χ3n) is 3.05. The summed E-state index contributed by atoms with van der Waals surface area (Å²) in [6.45, 7) is 3.15. The molecule has 2 N–H and O–H groups in total.